The van der Waals surface area contributed by atoms with Gasteiger partial charge >= 0.3 is 0 Å². The third kappa shape index (κ3) is 2.74. The second kappa shape index (κ2) is 5.15. The SMILES string of the molecule is [2H]C([2H])([2H])N(C(=O)c1ccc(C2=CCNCC2)cc1)C([2H])([2H])[2H]. The molecule has 1 aromatic rings. The average Bonchev–Trinajstić information content (AvgIpc) is 2.45. The Kier molecular flexibility index (Phi) is 1.92. The molecule has 0 aliphatic carbocycles. The predicted octanol–water partition coefficient (Wildman–Crippen LogP) is 1.77. The van der Waals surface area contributed by atoms with Crippen LogP contribution in [0.15, 0.2) is 30.3 Å². The summed E-state index contributed by atoms with van der Waals surface area (Å²) in [6, 6.07) is 6.35. The highest BCUT2D eigenvalue weighted by atomic mass is 16.2. The number of hydrogen-bond donors (Lipinski definition) is 1. The molecular formula is C14H18N2O. The van der Waals surface area contributed by atoms with Crippen LogP contribution in [0, 0.1) is 0 Å². The van der Waals surface area contributed by atoms with Gasteiger partial charge in [0, 0.05) is 34.3 Å². The van der Waals surface area contributed by atoms with E-state index in [4.69, 9.17) is 8.22 Å². The van der Waals surface area contributed by atoms with E-state index in [1.165, 1.54) is 12.1 Å². The van der Waals surface area contributed by atoms with Crippen LogP contribution in [0.5, 0.6) is 0 Å². The lowest BCUT2D eigenvalue weighted by atomic mass is 9.99. The van der Waals surface area contributed by atoms with Crippen molar-refractivity contribution in [1.29, 1.82) is 0 Å². The molecule has 17 heavy (non-hydrogen) atoms. The van der Waals surface area contributed by atoms with Crippen molar-refractivity contribution in [2.45, 2.75) is 6.42 Å². The van der Waals surface area contributed by atoms with Gasteiger partial charge < -0.3 is 10.2 Å². The molecule has 90 valence electrons. The van der Waals surface area contributed by atoms with E-state index < -0.39 is 19.9 Å². The Balaban J connectivity index is 2.27. The number of carbonyl (C=O) groups is 1. The lowest BCUT2D eigenvalue weighted by molar-refractivity contribution is 0.0827. The Labute approximate surface area is 111 Å². The van der Waals surface area contributed by atoms with E-state index in [2.05, 4.69) is 11.4 Å². The highest BCUT2D eigenvalue weighted by molar-refractivity contribution is 5.94. The van der Waals surface area contributed by atoms with Crippen LogP contribution in [0.3, 0.4) is 0 Å². The van der Waals surface area contributed by atoms with Gasteiger partial charge in [0.25, 0.3) is 5.91 Å². The highest BCUT2D eigenvalue weighted by Crippen LogP contribution is 2.20. The van der Waals surface area contributed by atoms with Crippen molar-refractivity contribution in [3.05, 3.63) is 41.5 Å². The van der Waals surface area contributed by atoms with Crippen LogP contribution in [-0.2, 0) is 0 Å². The van der Waals surface area contributed by atoms with Gasteiger partial charge in [-0.3, -0.25) is 4.79 Å². The molecule has 1 aliphatic heterocycles. The van der Waals surface area contributed by atoms with Crippen LogP contribution in [0.4, 0.5) is 0 Å². The first-order chi connectivity index (χ1) is 10.6. The molecule has 1 heterocycles. The molecule has 1 amide bonds. The third-order valence-corrected chi connectivity index (χ3v) is 2.77. The molecule has 0 radical (unpaired) electrons. The molecule has 3 heteroatoms. The largest absolute Gasteiger partial charge is 0.345 e. The molecule has 0 bridgehead atoms. The van der Waals surface area contributed by atoms with Crippen molar-refractivity contribution in [1.82, 2.24) is 10.2 Å². The zero-order chi connectivity index (χ0) is 17.3. The van der Waals surface area contributed by atoms with Gasteiger partial charge in [-0.2, -0.15) is 0 Å². The fourth-order valence-electron chi connectivity index (χ4n) is 1.84. The quantitative estimate of drug-likeness (QED) is 0.848. The summed E-state index contributed by atoms with van der Waals surface area (Å²) in [5.74, 6) is -1.03. The van der Waals surface area contributed by atoms with Gasteiger partial charge in [0.15, 0.2) is 0 Å². The summed E-state index contributed by atoms with van der Waals surface area (Å²) in [6.45, 7) is -4.41. The Morgan fingerprint density at radius 3 is 2.71 bits per heavy atom. The van der Waals surface area contributed by atoms with Crippen LogP contribution in [0.1, 0.15) is 30.6 Å². The minimum Gasteiger partial charge on any atom is -0.345 e. The maximum atomic E-state index is 12.3. The summed E-state index contributed by atoms with van der Waals surface area (Å²) in [4.78, 5) is 12.3. The van der Waals surface area contributed by atoms with Gasteiger partial charge in [-0.25, -0.2) is 0 Å². The molecule has 0 atom stereocenters. The third-order valence-electron chi connectivity index (χ3n) is 2.77. The maximum Gasteiger partial charge on any atom is 0.253 e. The van der Waals surface area contributed by atoms with Gasteiger partial charge in [0.2, 0.25) is 0 Å². The summed E-state index contributed by atoms with van der Waals surface area (Å²) < 4.78 is 43.7. The second-order valence-corrected chi connectivity index (χ2v) is 3.90. The fraction of sp³-hybridized carbons (Fsp3) is 0.357. The molecule has 1 aromatic carbocycles. The average molecular weight is 236 g/mol. The molecule has 0 spiro atoms. The molecule has 0 fully saturated rings. The first-order valence-corrected chi connectivity index (χ1v) is 5.45. The van der Waals surface area contributed by atoms with Crippen molar-refractivity contribution in [2.24, 2.45) is 0 Å². The van der Waals surface area contributed by atoms with Crippen molar-refractivity contribution in [2.75, 3.05) is 27.0 Å². The van der Waals surface area contributed by atoms with E-state index in [1.54, 1.807) is 12.1 Å². The number of rotatable bonds is 2. The van der Waals surface area contributed by atoms with Gasteiger partial charge in [-0.15, -0.1) is 0 Å². The second-order valence-electron chi connectivity index (χ2n) is 3.90. The molecule has 0 aromatic heterocycles. The molecule has 0 saturated heterocycles. The van der Waals surface area contributed by atoms with E-state index in [9.17, 15) is 4.79 Å². The Morgan fingerprint density at radius 1 is 1.35 bits per heavy atom. The highest BCUT2D eigenvalue weighted by Gasteiger charge is 2.09. The molecule has 3 nitrogen and oxygen atoms in total. The summed E-state index contributed by atoms with van der Waals surface area (Å²) in [6.07, 6.45) is 2.92. The molecule has 1 aliphatic rings. The topological polar surface area (TPSA) is 32.3 Å². The van der Waals surface area contributed by atoms with Gasteiger partial charge in [-0.1, -0.05) is 18.2 Å². The first-order valence-electron chi connectivity index (χ1n) is 8.45. The van der Waals surface area contributed by atoms with Crippen molar-refractivity contribution >= 4 is 11.5 Å². The van der Waals surface area contributed by atoms with Crippen LogP contribution < -0.4 is 5.32 Å². The van der Waals surface area contributed by atoms with E-state index in [1.807, 2.05) is 0 Å². The molecule has 1 N–H and O–H groups in total. The minimum atomic E-state index is -3.03. The number of benzene rings is 1. The van der Waals surface area contributed by atoms with Crippen LogP contribution in [0.25, 0.3) is 5.57 Å². The monoisotopic (exact) mass is 236 g/mol. The van der Waals surface area contributed by atoms with Crippen molar-refractivity contribution in [3.63, 3.8) is 0 Å². The lowest BCUT2D eigenvalue weighted by Gasteiger charge is -2.15. The fourth-order valence-corrected chi connectivity index (χ4v) is 1.84. The number of amides is 1. The predicted molar refractivity (Wildman–Crippen MR) is 69.9 cm³/mol. The number of carbonyl (C=O) groups excluding carboxylic acids is 1. The summed E-state index contributed by atoms with van der Waals surface area (Å²) in [5.41, 5.74) is 2.12. The number of nitrogens with one attached hydrogen (secondary N) is 1. The Bertz CT molecular complexity index is 589. The number of hydrogen-bond acceptors (Lipinski definition) is 2. The normalized spacial score (nSPS) is 22.0. The Morgan fingerprint density at radius 2 is 2.12 bits per heavy atom. The van der Waals surface area contributed by atoms with Gasteiger partial charge in [0.1, 0.15) is 0 Å². The van der Waals surface area contributed by atoms with Gasteiger partial charge in [-0.05, 0) is 36.2 Å². The minimum absolute atomic E-state index is 0.0290. The summed E-state index contributed by atoms with van der Waals surface area (Å²) >= 11 is 0. The van der Waals surface area contributed by atoms with Crippen LogP contribution >= 0.6 is 0 Å². The maximum absolute atomic E-state index is 12.3. The van der Waals surface area contributed by atoms with E-state index in [0.29, 0.717) is 0 Å². The smallest absolute Gasteiger partial charge is 0.253 e. The van der Waals surface area contributed by atoms with E-state index >= 15 is 0 Å². The summed E-state index contributed by atoms with van der Waals surface area (Å²) in [7, 11) is 0. The first kappa shape index (κ1) is 6.36. The molecule has 0 unspecified atom stereocenters. The Hall–Kier alpha value is -1.61. The lowest BCUT2D eigenvalue weighted by Crippen LogP contribution is -2.21. The van der Waals surface area contributed by atoms with E-state index in [0.717, 1.165) is 30.6 Å². The van der Waals surface area contributed by atoms with Gasteiger partial charge in [0.05, 0.1) is 0 Å². The molecule has 2 rings (SSSR count). The zero-order valence-corrected chi connectivity index (χ0v) is 9.36. The van der Waals surface area contributed by atoms with Crippen LogP contribution in [-0.4, -0.2) is 37.8 Å². The number of nitrogens with zero attached hydrogens (tertiary/aromatic N) is 1. The molecule has 0 saturated carbocycles. The zero-order valence-electron chi connectivity index (χ0n) is 15.4. The summed E-state index contributed by atoms with van der Waals surface area (Å²) in [5, 5.41) is 3.20. The van der Waals surface area contributed by atoms with E-state index in [-0.39, 0.29) is 10.5 Å². The van der Waals surface area contributed by atoms with Crippen molar-refractivity contribution in [3.8, 4) is 0 Å². The standard InChI is InChI=1S/C14H18N2O/c1-16(2)14(17)13-5-3-11(4-6-13)12-7-9-15-10-8-12/h3-7,15H,8-10H2,1-2H3/i1D3,2D3. The van der Waals surface area contributed by atoms with Crippen LogP contribution in [0.2, 0.25) is 0 Å². The van der Waals surface area contributed by atoms with Crippen molar-refractivity contribution < 1.29 is 13.0 Å². The molecular weight excluding hydrogens is 212 g/mol.